The lowest BCUT2D eigenvalue weighted by molar-refractivity contribution is -0.0366. The van der Waals surface area contributed by atoms with Crippen LogP contribution in [0, 0.1) is 6.92 Å². The van der Waals surface area contributed by atoms with Crippen LogP contribution >= 0.6 is 0 Å². The van der Waals surface area contributed by atoms with E-state index in [-0.39, 0.29) is 35.8 Å². The number of nitrogens with two attached hydrogens (primary N) is 1. The summed E-state index contributed by atoms with van der Waals surface area (Å²) in [5, 5.41) is 8.44. The molecular formula is C29H40N8O4. The highest BCUT2D eigenvalue weighted by Crippen LogP contribution is 2.33. The van der Waals surface area contributed by atoms with Gasteiger partial charge in [-0.3, -0.25) is 4.79 Å². The summed E-state index contributed by atoms with van der Waals surface area (Å²) < 4.78 is 13.4. The van der Waals surface area contributed by atoms with Crippen LogP contribution in [-0.4, -0.2) is 74.0 Å². The number of carbonyl (C=O) groups excluding carboxylic acids is 2. The van der Waals surface area contributed by atoms with E-state index in [0.717, 1.165) is 35.7 Å². The topological polar surface area (TPSA) is 141 Å². The summed E-state index contributed by atoms with van der Waals surface area (Å²) in [4.78, 5) is 38.8. The Labute approximate surface area is 240 Å². The summed E-state index contributed by atoms with van der Waals surface area (Å²) in [7, 11) is 0. The highest BCUT2D eigenvalue weighted by atomic mass is 16.6. The number of hydrogen-bond acceptors (Lipinski definition) is 9. The van der Waals surface area contributed by atoms with Crippen molar-refractivity contribution in [1.29, 1.82) is 0 Å². The molecule has 0 bridgehead atoms. The Kier molecular flexibility index (Phi) is 7.78. The standard InChI is InChI=1S/C29H40N8O4/c1-17-10-11-21-20(13-33-37(21)22-9-7-8-12-40-22)24(17)34-27(38)25-23(30)26(32-16-31-25)35-14-19(3)36(15-18(35)2)28(39)41-29(4,5)6/h10-11,13,16,18-19,22H,7-9,12,14-15,30H2,1-6H3,(H,34,38). The molecule has 12 nitrogen and oxygen atoms in total. The second kappa shape index (κ2) is 11.2. The monoisotopic (exact) mass is 564 g/mol. The van der Waals surface area contributed by atoms with Crippen molar-refractivity contribution in [2.24, 2.45) is 0 Å². The molecule has 2 fully saturated rings. The molecule has 0 spiro atoms. The van der Waals surface area contributed by atoms with Crippen LogP contribution in [0.3, 0.4) is 0 Å². The van der Waals surface area contributed by atoms with Crippen LogP contribution < -0.4 is 16.0 Å². The van der Waals surface area contributed by atoms with Gasteiger partial charge in [0.1, 0.15) is 17.6 Å². The predicted molar refractivity (Wildman–Crippen MR) is 157 cm³/mol. The summed E-state index contributed by atoms with van der Waals surface area (Å²) in [6.07, 6.45) is 5.68. The number of anilines is 3. The van der Waals surface area contributed by atoms with Gasteiger partial charge in [0.05, 0.1) is 17.4 Å². The number of nitrogens with one attached hydrogen (secondary N) is 1. The number of fused-ring (bicyclic) bond motifs is 1. The minimum absolute atomic E-state index is 0.0869. The van der Waals surface area contributed by atoms with Crippen molar-refractivity contribution < 1.29 is 19.1 Å². The lowest BCUT2D eigenvalue weighted by atomic mass is 10.1. The maximum Gasteiger partial charge on any atom is 0.410 e. The van der Waals surface area contributed by atoms with E-state index in [0.29, 0.717) is 31.2 Å². The predicted octanol–water partition coefficient (Wildman–Crippen LogP) is 4.50. The SMILES string of the molecule is Cc1ccc2c(cnn2C2CCCCO2)c1NC(=O)c1ncnc(N2CC(C)N(C(=O)OC(C)(C)C)CC2C)c1N. The van der Waals surface area contributed by atoms with Crippen LogP contribution in [0.2, 0.25) is 0 Å². The number of ether oxygens (including phenoxy) is 2. The number of rotatable bonds is 4. The zero-order valence-electron chi connectivity index (χ0n) is 24.7. The maximum absolute atomic E-state index is 13.6. The first-order valence-corrected chi connectivity index (χ1v) is 14.2. The van der Waals surface area contributed by atoms with Crippen LogP contribution in [0.5, 0.6) is 0 Å². The molecule has 2 aliphatic heterocycles. The zero-order chi connectivity index (χ0) is 29.5. The minimum atomic E-state index is -0.582. The third kappa shape index (κ3) is 5.79. The molecule has 3 N–H and O–H groups in total. The average Bonchev–Trinajstić information content (AvgIpc) is 3.35. The van der Waals surface area contributed by atoms with Gasteiger partial charge in [0.15, 0.2) is 17.7 Å². The molecule has 5 rings (SSSR count). The minimum Gasteiger partial charge on any atom is -0.444 e. The number of piperazine rings is 1. The Morgan fingerprint density at radius 3 is 2.61 bits per heavy atom. The maximum atomic E-state index is 13.6. The number of amides is 2. The molecule has 0 saturated carbocycles. The van der Waals surface area contributed by atoms with Crippen LogP contribution in [0.1, 0.15) is 76.2 Å². The van der Waals surface area contributed by atoms with Crippen molar-refractivity contribution in [3.05, 3.63) is 35.9 Å². The summed E-state index contributed by atoms with van der Waals surface area (Å²) in [6.45, 7) is 13.0. The van der Waals surface area contributed by atoms with Gasteiger partial charge in [0.2, 0.25) is 0 Å². The molecule has 0 aliphatic carbocycles. The second-order valence-electron chi connectivity index (χ2n) is 12.0. The summed E-state index contributed by atoms with van der Waals surface area (Å²) >= 11 is 0. The molecule has 12 heteroatoms. The number of aryl methyl sites for hydroxylation is 1. The van der Waals surface area contributed by atoms with E-state index in [4.69, 9.17) is 15.2 Å². The van der Waals surface area contributed by atoms with Gasteiger partial charge in [-0.1, -0.05) is 6.07 Å². The Morgan fingerprint density at radius 1 is 1.12 bits per heavy atom. The zero-order valence-corrected chi connectivity index (χ0v) is 24.7. The summed E-state index contributed by atoms with van der Waals surface area (Å²) in [5.74, 6) is 0.0297. The fourth-order valence-corrected chi connectivity index (χ4v) is 5.51. The lowest BCUT2D eigenvalue weighted by Gasteiger charge is -2.44. The Morgan fingerprint density at radius 2 is 1.90 bits per heavy atom. The van der Waals surface area contributed by atoms with E-state index in [1.165, 1.54) is 6.33 Å². The Bertz CT molecular complexity index is 1440. The normalized spacial score (nSPS) is 21.7. The molecule has 3 atom stereocenters. The van der Waals surface area contributed by atoms with Crippen molar-refractivity contribution >= 4 is 40.1 Å². The summed E-state index contributed by atoms with van der Waals surface area (Å²) in [5.41, 5.74) is 8.67. The number of nitrogens with zero attached hydrogens (tertiary/aromatic N) is 6. The van der Waals surface area contributed by atoms with Gasteiger partial charge in [0, 0.05) is 37.2 Å². The molecule has 1 aromatic carbocycles. The van der Waals surface area contributed by atoms with Gasteiger partial charge >= 0.3 is 6.09 Å². The van der Waals surface area contributed by atoms with Gasteiger partial charge in [-0.15, -0.1) is 0 Å². The van der Waals surface area contributed by atoms with Gasteiger partial charge in [-0.2, -0.15) is 5.10 Å². The molecule has 220 valence electrons. The Balaban J connectivity index is 1.37. The third-order valence-electron chi connectivity index (χ3n) is 7.62. The largest absolute Gasteiger partial charge is 0.444 e. The molecule has 2 saturated heterocycles. The van der Waals surface area contributed by atoms with Crippen LogP contribution in [0.15, 0.2) is 24.7 Å². The highest BCUT2D eigenvalue weighted by molar-refractivity contribution is 6.11. The number of carbonyl (C=O) groups is 2. The van der Waals surface area contributed by atoms with E-state index in [1.54, 1.807) is 11.1 Å². The number of benzene rings is 1. The quantitative estimate of drug-likeness (QED) is 0.468. The van der Waals surface area contributed by atoms with Crippen molar-refractivity contribution in [2.75, 3.05) is 35.6 Å². The van der Waals surface area contributed by atoms with Crippen molar-refractivity contribution in [1.82, 2.24) is 24.6 Å². The van der Waals surface area contributed by atoms with Crippen LogP contribution in [-0.2, 0) is 9.47 Å². The second-order valence-corrected chi connectivity index (χ2v) is 12.0. The molecule has 3 unspecified atom stereocenters. The fourth-order valence-electron chi connectivity index (χ4n) is 5.51. The molecule has 2 aliphatic rings. The molecule has 41 heavy (non-hydrogen) atoms. The van der Waals surface area contributed by atoms with Gasteiger partial charge in [0.25, 0.3) is 5.91 Å². The van der Waals surface area contributed by atoms with Gasteiger partial charge < -0.3 is 30.3 Å². The number of nitrogen functional groups attached to an aromatic ring is 1. The van der Waals surface area contributed by atoms with E-state index in [1.807, 2.05) is 63.3 Å². The van der Waals surface area contributed by atoms with Gasteiger partial charge in [-0.05, 0) is 72.4 Å². The lowest BCUT2D eigenvalue weighted by Crippen LogP contribution is -2.59. The first-order valence-electron chi connectivity index (χ1n) is 14.2. The fraction of sp³-hybridized carbons (Fsp3) is 0.552. The van der Waals surface area contributed by atoms with Gasteiger partial charge in [-0.25, -0.2) is 19.4 Å². The van der Waals surface area contributed by atoms with Crippen molar-refractivity contribution in [3.63, 3.8) is 0 Å². The first-order chi connectivity index (χ1) is 19.4. The number of aromatic nitrogens is 4. The molecular weight excluding hydrogens is 524 g/mol. The molecule has 2 amide bonds. The van der Waals surface area contributed by atoms with Crippen molar-refractivity contribution in [2.45, 2.75) is 84.7 Å². The van der Waals surface area contributed by atoms with E-state index in [9.17, 15) is 9.59 Å². The molecule has 4 heterocycles. The van der Waals surface area contributed by atoms with E-state index >= 15 is 0 Å². The third-order valence-corrected chi connectivity index (χ3v) is 7.62. The van der Waals surface area contributed by atoms with E-state index < -0.39 is 11.5 Å². The molecule has 3 aromatic rings. The average molecular weight is 565 g/mol. The molecule has 0 radical (unpaired) electrons. The molecule has 2 aromatic heterocycles. The highest BCUT2D eigenvalue weighted by Gasteiger charge is 2.36. The van der Waals surface area contributed by atoms with Crippen LogP contribution in [0.25, 0.3) is 10.9 Å². The smallest absolute Gasteiger partial charge is 0.410 e. The first kappa shape index (κ1) is 28.6. The van der Waals surface area contributed by atoms with Crippen molar-refractivity contribution in [3.8, 4) is 0 Å². The van der Waals surface area contributed by atoms with Crippen LogP contribution in [0.4, 0.5) is 22.0 Å². The Hall–Kier alpha value is -3.93. The summed E-state index contributed by atoms with van der Waals surface area (Å²) in [6, 6.07) is 3.69. The van der Waals surface area contributed by atoms with E-state index in [2.05, 4.69) is 20.4 Å². The number of hydrogen-bond donors (Lipinski definition) is 2.